The Hall–Kier alpha value is -1.53. The number of aromatic nitrogens is 3. The largest absolute Gasteiger partial charge is 0.304 e. The van der Waals surface area contributed by atoms with Crippen LogP contribution in [-0.4, -0.2) is 20.9 Å². The highest BCUT2D eigenvalue weighted by Gasteiger charge is 2.08. The van der Waals surface area contributed by atoms with Crippen molar-refractivity contribution in [3.63, 3.8) is 0 Å². The molecule has 0 unspecified atom stereocenters. The molecule has 0 radical (unpaired) electrons. The average Bonchev–Trinajstić information content (AvgIpc) is 2.32. The second-order valence-corrected chi connectivity index (χ2v) is 4.22. The van der Waals surface area contributed by atoms with E-state index in [1.165, 1.54) is 12.4 Å². The molecule has 0 saturated heterocycles. The lowest BCUT2D eigenvalue weighted by Crippen LogP contribution is -2.14. The van der Waals surface area contributed by atoms with Crippen molar-refractivity contribution in [3.8, 4) is 0 Å². The summed E-state index contributed by atoms with van der Waals surface area (Å²) < 4.78 is 0.594. The molecule has 7 heteroatoms. The standard InChI is InChI=1S/C10H6BrClN4O/c11-7-4-14-9(5-13-7)16-10(17)6-2-1-3-8(12)15-6/h1-5H,(H,14,16,17). The van der Waals surface area contributed by atoms with Crippen LogP contribution in [0.15, 0.2) is 35.2 Å². The van der Waals surface area contributed by atoms with Crippen LogP contribution in [0.1, 0.15) is 10.5 Å². The summed E-state index contributed by atoms with van der Waals surface area (Å²) >= 11 is 8.84. The zero-order valence-electron chi connectivity index (χ0n) is 8.39. The molecule has 0 aliphatic carbocycles. The molecule has 2 aromatic rings. The number of nitrogens with one attached hydrogen (secondary N) is 1. The molecule has 17 heavy (non-hydrogen) atoms. The number of carbonyl (C=O) groups excluding carboxylic acids is 1. The van der Waals surface area contributed by atoms with Gasteiger partial charge >= 0.3 is 0 Å². The Morgan fingerprint density at radius 1 is 1.29 bits per heavy atom. The van der Waals surface area contributed by atoms with E-state index in [0.717, 1.165) is 0 Å². The van der Waals surface area contributed by atoms with Gasteiger partial charge in [0.25, 0.3) is 5.91 Å². The van der Waals surface area contributed by atoms with E-state index in [0.29, 0.717) is 10.4 Å². The number of anilines is 1. The number of halogens is 2. The van der Waals surface area contributed by atoms with E-state index in [1.54, 1.807) is 18.2 Å². The first kappa shape index (κ1) is 11.9. The summed E-state index contributed by atoms with van der Waals surface area (Å²) in [7, 11) is 0. The third-order valence-electron chi connectivity index (χ3n) is 1.81. The van der Waals surface area contributed by atoms with Crippen molar-refractivity contribution >= 4 is 39.3 Å². The molecular formula is C10H6BrClN4O. The molecule has 0 fully saturated rings. The first-order chi connectivity index (χ1) is 8.15. The van der Waals surface area contributed by atoms with Crippen molar-refractivity contribution < 1.29 is 4.79 Å². The fourth-order valence-corrected chi connectivity index (χ4v) is 1.46. The second kappa shape index (κ2) is 5.20. The maximum atomic E-state index is 11.7. The highest BCUT2D eigenvalue weighted by molar-refractivity contribution is 9.10. The number of hydrogen-bond donors (Lipinski definition) is 1. The Bertz CT molecular complexity index is 546. The minimum Gasteiger partial charge on any atom is -0.304 e. The Balaban J connectivity index is 2.14. The first-order valence-electron chi connectivity index (χ1n) is 4.56. The Kier molecular flexibility index (Phi) is 3.65. The average molecular weight is 314 g/mol. The van der Waals surface area contributed by atoms with Crippen molar-refractivity contribution in [1.82, 2.24) is 15.0 Å². The number of amides is 1. The van der Waals surface area contributed by atoms with Gasteiger partial charge in [-0.05, 0) is 28.1 Å². The zero-order valence-corrected chi connectivity index (χ0v) is 10.7. The molecule has 0 aliphatic heterocycles. The van der Waals surface area contributed by atoms with Crippen molar-refractivity contribution in [2.24, 2.45) is 0 Å². The lowest BCUT2D eigenvalue weighted by atomic mass is 10.3. The molecule has 0 aromatic carbocycles. The third-order valence-corrected chi connectivity index (χ3v) is 2.43. The Morgan fingerprint density at radius 3 is 2.76 bits per heavy atom. The van der Waals surface area contributed by atoms with Gasteiger partial charge in [0.05, 0.1) is 12.4 Å². The maximum absolute atomic E-state index is 11.7. The van der Waals surface area contributed by atoms with E-state index in [2.05, 4.69) is 36.2 Å². The highest BCUT2D eigenvalue weighted by Crippen LogP contribution is 2.09. The van der Waals surface area contributed by atoms with Crippen molar-refractivity contribution in [2.75, 3.05) is 5.32 Å². The van der Waals surface area contributed by atoms with Crippen molar-refractivity contribution in [2.45, 2.75) is 0 Å². The molecule has 86 valence electrons. The first-order valence-corrected chi connectivity index (χ1v) is 5.74. The van der Waals surface area contributed by atoms with Gasteiger partial charge < -0.3 is 5.32 Å². The number of nitrogens with zero attached hydrogens (tertiary/aromatic N) is 3. The molecule has 0 saturated carbocycles. The summed E-state index contributed by atoms with van der Waals surface area (Å²) in [5.74, 6) is -0.0379. The molecular weight excluding hydrogens is 307 g/mol. The van der Waals surface area contributed by atoms with Gasteiger partial charge in [-0.1, -0.05) is 17.7 Å². The minimum atomic E-state index is -0.385. The zero-order chi connectivity index (χ0) is 12.3. The molecule has 0 aliphatic rings. The predicted octanol–water partition coefficient (Wildman–Crippen LogP) is 2.54. The molecule has 2 heterocycles. The molecule has 0 atom stereocenters. The molecule has 1 N–H and O–H groups in total. The molecule has 2 aromatic heterocycles. The molecule has 0 bridgehead atoms. The van der Waals surface area contributed by atoms with Crippen LogP contribution in [0.5, 0.6) is 0 Å². The van der Waals surface area contributed by atoms with Gasteiger partial charge in [-0.3, -0.25) is 4.79 Å². The SMILES string of the molecule is O=C(Nc1cnc(Br)cn1)c1cccc(Cl)n1. The van der Waals surface area contributed by atoms with Crippen LogP contribution in [0, 0.1) is 0 Å². The predicted molar refractivity (Wildman–Crippen MR) is 66.9 cm³/mol. The lowest BCUT2D eigenvalue weighted by Gasteiger charge is -2.03. The fourth-order valence-electron chi connectivity index (χ4n) is 1.09. The lowest BCUT2D eigenvalue weighted by molar-refractivity contribution is 0.102. The van der Waals surface area contributed by atoms with Gasteiger partial charge in [0.2, 0.25) is 0 Å². The molecule has 2 rings (SSSR count). The Morgan fingerprint density at radius 2 is 2.12 bits per heavy atom. The van der Waals surface area contributed by atoms with E-state index in [9.17, 15) is 4.79 Å². The molecule has 5 nitrogen and oxygen atoms in total. The summed E-state index contributed by atoms with van der Waals surface area (Å²) in [6.45, 7) is 0. The van der Waals surface area contributed by atoms with E-state index < -0.39 is 0 Å². The van der Waals surface area contributed by atoms with Crippen LogP contribution in [0.4, 0.5) is 5.82 Å². The van der Waals surface area contributed by atoms with Gasteiger partial charge in [0.1, 0.15) is 15.5 Å². The van der Waals surface area contributed by atoms with Crippen LogP contribution >= 0.6 is 27.5 Å². The smallest absolute Gasteiger partial charge is 0.275 e. The van der Waals surface area contributed by atoms with Gasteiger partial charge in [0.15, 0.2) is 5.82 Å². The molecule has 1 amide bonds. The summed E-state index contributed by atoms with van der Waals surface area (Å²) in [6, 6.07) is 4.81. The van der Waals surface area contributed by atoms with Gasteiger partial charge in [-0.2, -0.15) is 0 Å². The summed E-state index contributed by atoms with van der Waals surface area (Å²) in [5.41, 5.74) is 0.224. The summed E-state index contributed by atoms with van der Waals surface area (Å²) in [6.07, 6.45) is 2.92. The third kappa shape index (κ3) is 3.21. The van der Waals surface area contributed by atoms with E-state index in [1.807, 2.05) is 0 Å². The van der Waals surface area contributed by atoms with Gasteiger partial charge in [-0.25, -0.2) is 15.0 Å². The summed E-state index contributed by atoms with van der Waals surface area (Å²) in [4.78, 5) is 23.5. The molecule has 0 spiro atoms. The number of hydrogen-bond acceptors (Lipinski definition) is 4. The van der Waals surface area contributed by atoms with E-state index in [-0.39, 0.29) is 16.8 Å². The van der Waals surface area contributed by atoms with Crippen LogP contribution in [0.25, 0.3) is 0 Å². The van der Waals surface area contributed by atoms with Crippen molar-refractivity contribution in [1.29, 1.82) is 0 Å². The van der Waals surface area contributed by atoms with Crippen LogP contribution in [-0.2, 0) is 0 Å². The van der Waals surface area contributed by atoms with Crippen LogP contribution in [0.2, 0.25) is 5.15 Å². The van der Waals surface area contributed by atoms with Gasteiger partial charge in [0, 0.05) is 0 Å². The quantitative estimate of drug-likeness (QED) is 0.865. The Labute approximate surface area is 110 Å². The van der Waals surface area contributed by atoms with Crippen LogP contribution in [0.3, 0.4) is 0 Å². The fraction of sp³-hybridized carbons (Fsp3) is 0. The van der Waals surface area contributed by atoms with Crippen LogP contribution < -0.4 is 5.32 Å². The highest BCUT2D eigenvalue weighted by atomic mass is 79.9. The maximum Gasteiger partial charge on any atom is 0.275 e. The van der Waals surface area contributed by atoms with E-state index >= 15 is 0 Å². The minimum absolute atomic E-state index is 0.224. The number of rotatable bonds is 2. The summed E-state index contributed by atoms with van der Waals surface area (Å²) in [5, 5.41) is 2.82. The van der Waals surface area contributed by atoms with Crippen molar-refractivity contribution in [3.05, 3.63) is 46.0 Å². The topological polar surface area (TPSA) is 67.8 Å². The normalized spacial score (nSPS) is 10.0. The number of pyridine rings is 1. The van der Waals surface area contributed by atoms with Gasteiger partial charge in [-0.15, -0.1) is 0 Å². The number of carbonyl (C=O) groups is 1. The monoisotopic (exact) mass is 312 g/mol. The second-order valence-electron chi connectivity index (χ2n) is 3.02. The van der Waals surface area contributed by atoms with E-state index in [4.69, 9.17) is 11.6 Å².